The maximum Gasteiger partial charge on any atom is 0.229 e. The highest BCUT2D eigenvalue weighted by molar-refractivity contribution is 5.40. The zero-order chi connectivity index (χ0) is 14.2. The number of benzene rings is 1. The van der Waals surface area contributed by atoms with Crippen LogP contribution in [0.2, 0.25) is 0 Å². The van der Waals surface area contributed by atoms with Crippen LogP contribution in [-0.4, -0.2) is 22.8 Å². The highest BCUT2D eigenvalue weighted by atomic mass is 16.5. The summed E-state index contributed by atoms with van der Waals surface area (Å²) in [4.78, 5) is 4.44. The second-order valence-electron chi connectivity index (χ2n) is 5.95. The van der Waals surface area contributed by atoms with Crippen molar-refractivity contribution in [2.24, 2.45) is 0 Å². The standard InChI is InChI=1S/C16H19N3O2/c1-10(13-9-20-14-5-3-2-4-12(13)14)17-8-15-18-16(21-19-15)11-6-7-11/h2-5,10-11,13,17H,6-9H2,1H3/t10-,13-/m0/s1. The average Bonchev–Trinajstić information content (AvgIpc) is 3.10. The molecule has 2 heterocycles. The molecular formula is C16H19N3O2. The number of fused-ring (bicyclic) bond motifs is 1. The fourth-order valence-electron chi connectivity index (χ4n) is 2.83. The summed E-state index contributed by atoms with van der Waals surface area (Å²) in [6.07, 6.45) is 2.36. The van der Waals surface area contributed by atoms with Gasteiger partial charge in [0.25, 0.3) is 0 Å². The summed E-state index contributed by atoms with van der Waals surface area (Å²) in [6.45, 7) is 3.54. The molecular weight excluding hydrogens is 266 g/mol. The third-order valence-electron chi connectivity index (χ3n) is 4.33. The third-order valence-corrected chi connectivity index (χ3v) is 4.33. The fraction of sp³-hybridized carbons (Fsp3) is 0.500. The number of ether oxygens (including phenoxy) is 1. The number of nitrogens with one attached hydrogen (secondary N) is 1. The molecule has 2 aromatic rings. The van der Waals surface area contributed by atoms with Crippen LogP contribution in [0.3, 0.4) is 0 Å². The summed E-state index contributed by atoms with van der Waals surface area (Å²) >= 11 is 0. The molecule has 21 heavy (non-hydrogen) atoms. The smallest absolute Gasteiger partial charge is 0.229 e. The Labute approximate surface area is 123 Å². The third kappa shape index (κ3) is 2.53. The highest BCUT2D eigenvalue weighted by Gasteiger charge is 2.30. The Bertz CT molecular complexity index is 636. The van der Waals surface area contributed by atoms with Gasteiger partial charge >= 0.3 is 0 Å². The lowest BCUT2D eigenvalue weighted by Crippen LogP contribution is -2.32. The molecule has 0 amide bonds. The second kappa shape index (κ2) is 5.15. The van der Waals surface area contributed by atoms with Crippen LogP contribution in [0.25, 0.3) is 0 Å². The molecule has 1 aromatic carbocycles. The molecule has 0 bridgehead atoms. The first-order valence-corrected chi connectivity index (χ1v) is 7.59. The summed E-state index contributed by atoms with van der Waals surface area (Å²) < 4.78 is 11.0. The van der Waals surface area contributed by atoms with Crippen molar-refractivity contribution >= 4 is 0 Å². The molecule has 110 valence electrons. The lowest BCUT2D eigenvalue weighted by atomic mass is 9.94. The van der Waals surface area contributed by atoms with Crippen LogP contribution in [0.1, 0.15) is 48.9 Å². The molecule has 0 radical (unpaired) electrons. The summed E-state index contributed by atoms with van der Waals surface area (Å²) in [7, 11) is 0. The molecule has 1 saturated carbocycles. The van der Waals surface area contributed by atoms with Crippen LogP contribution in [0.5, 0.6) is 5.75 Å². The van der Waals surface area contributed by atoms with Gasteiger partial charge in [0, 0.05) is 23.4 Å². The SMILES string of the molecule is C[C@H](NCc1noc(C2CC2)n1)[C@@H]1COc2ccccc21. The van der Waals surface area contributed by atoms with E-state index in [-0.39, 0.29) is 0 Å². The molecule has 1 aliphatic carbocycles. The molecule has 1 fully saturated rings. The molecule has 0 spiro atoms. The van der Waals surface area contributed by atoms with Crippen molar-refractivity contribution < 1.29 is 9.26 Å². The number of hydrogen-bond donors (Lipinski definition) is 1. The van der Waals surface area contributed by atoms with E-state index in [1.807, 2.05) is 12.1 Å². The molecule has 1 aliphatic heterocycles. The van der Waals surface area contributed by atoms with Crippen LogP contribution in [-0.2, 0) is 6.54 Å². The largest absolute Gasteiger partial charge is 0.493 e. The van der Waals surface area contributed by atoms with Gasteiger partial charge in [-0.2, -0.15) is 4.98 Å². The molecule has 0 unspecified atom stereocenters. The Morgan fingerprint density at radius 3 is 3.05 bits per heavy atom. The first-order valence-electron chi connectivity index (χ1n) is 7.59. The first kappa shape index (κ1) is 12.8. The predicted octanol–water partition coefficient (Wildman–Crippen LogP) is 2.60. The van der Waals surface area contributed by atoms with E-state index in [0.29, 0.717) is 24.4 Å². The number of rotatable bonds is 5. The van der Waals surface area contributed by atoms with Gasteiger partial charge in [0.2, 0.25) is 5.89 Å². The molecule has 1 aromatic heterocycles. The van der Waals surface area contributed by atoms with Crippen molar-refractivity contribution in [2.45, 2.75) is 44.2 Å². The monoisotopic (exact) mass is 285 g/mol. The molecule has 0 saturated heterocycles. The van der Waals surface area contributed by atoms with Crippen molar-refractivity contribution in [2.75, 3.05) is 6.61 Å². The number of hydrogen-bond acceptors (Lipinski definition) is 5. The number of para-hydroxylation sites is 1. The Morgan fingerprint density at radius 1 is 1.33 bits per heavy atom. The van der Waals surface area contributed by atoms with Gasteiger partial charge in [-0.3, -0.25) is 0 Å². The van der Waals surface area contributed by atoms with E-state index in [1.54, 1.807) is 0 Å². The Hall–Kier alpha value is -1.88. The van der Waals surface area contributed by atoms with Gasteiger partial charge in [-0.1, -0.05) is 23.4 Å². The van der Waals surface area contributed by atoms with E-state index < -0.39 is 0 Å². The minimum atomic E-state index is 0.302. The average molecular weight is 285 g/mol. The first-order chi connectivity index (χ1) is 10.3. The highest BCUT2D eigenvalue weighted by Crippen LogP contribution is 2.39. The van der Waals surface area contributed by atoms with Crippen LogP contribution >= 0.6 is 0 Å². The normalized spacial score (nSPS) is 21.9. The number of nitrogens with zero attached hydrogens (tertiary/aromatic N) is 2. The lowest BCUT2D eigenvalue weighted by Gasteiger charge is -2.18. The van der Waals surface area contributed by atoms with Crippen molar-refractivity contribution in [3.05, 3.63) is 41.5 Å². The summed E-state index contributed by atoms with van der Waals surface area (Å²) in [6, 6.07) is 8.55. The van der Waals surface area contributed by atoms with E-state index in [0.717, 1.165) is 24.1 Å². The maximum atomic E-state index is 5.74. The van der Waals surface area contributed by atoms with Gasteiger partial charge < -0.3 is 14.6 Å². The summed E-state index contributed by atoms with van der Waals surface area (Å²) in [5, 5.41) is 7.53. The van der Waals surface area contributed by atoms with Crippen molar-refractivity contribution in [1.82, 2.24) is 15.5 Å². The molecule has 5 heteroatoms. The lowest BCUT2D eigenvalue weighted by molar-refractivity contribution is 0.302. The topological polar surface area (TPSA) is 60.2 Å². The quantitative estimate of drug-likeness (QED) is 0.915. The second-order valence-corrected chi connectivity index (χ2v) is 5.95. The Morgan fingerprint density at radius 2 is 2.19 bits per heavy atom. The zero-order valence-corrected chi connectivity index (χ0v) is 12.1. The van der Waals surface area contributed by atoms with Gasteiger partial charge in [-0.05, 0) is 25.8 Å². The summed E-state index contributed by atoms with van der Waals surface area (Å²) in [5.74, 6) is 3.44. The van der Waals surface area contributed by atoms with Crippen molar-refractivity contribution in [3.63, 3.8) is 0 Å². The van der Waals surface area contributed by atoms with Crippen molar-refractivity contribution in [3.8, 4) is 5.75 Å². The van der Waals surface area contributed by atoms with Crippen LogP contribution in [0.4, 0.5) is 0 Å². The van der Waals surface area contributed by atoms with Crippen LogP contribution < -0.4 is 10.1 Å². The minimum absolute atomic E-state index is 0.302. The van der Waals surface area contributed by atoms with Gasteiger partial charge in [0.1, 0.15) is 5.75 Å². The van der Waals surface area contributed by atoms with E-state index >= 15 is 0 Å². The predicted molar refractivity (Wildman–Crippen MR) is 77.3 cm³/mol. The number of aromatic nitrogens is 2. The van der Waals surface area contributed by atoms with Gasteiger partial charge in [0.15, 0.2) is 5.82 Å². The Balaban J connectivity index is 1.38. The van der Waals surface area contributed by atoms with Gasteiger partial charge in [0.05, 0.1) is 13.2 Å². The van der Waals surface area contributed by atoms with Crippen LogP contribution in [0, 0.1) is 0 Å². The molecule has 4 rings (SSSR count). The molecule has 2 atom stereocenters. The molecule has 2 aliphatic rings. The van der Waals surface area contributed by atoms with E-state index in [9.17, 15) is 0 Å². The fourth-order valence-corrected chi connectivity index (χ4v) is 2.83. The zero-order valence-electron chi connectivity index (χ0n) is 12.1. The van der Waals surface area contributed by atoms with Crippen LogP contribution in [0.15, 0.2) is 28.8 Å². The Kier molecular flexibility index (Phi) is 3.15. The van der Waals surface area contributed by atoms with E-state index in [2.05, 4.69) is 34.5 Å². The van der Waals surface area contributed by atoms with Gasteiger partial charge in [-0.15, -0.1) is 0 Å². The minimum Gasteiger partial charge on any atom is -0.493 e. The van der Waals surface area contributed by atoms with Crippen molar-refractivity contribution in [1.29, 1.82) is 0 Å². The summed E-state index contributed by atoms with van der Waals surface area (Å²) in [5.41, 5.74) is 1.28. The molecule has 5 nitrogen and oxygen atoms in total. The maximum absolute atomic E-state index is 5.74. The van der Waals surface area contributed by atoms with E-state index in [1.165, 1.54) is 18.4 Å². The van der Waals surface area contributed by atoms with E-state index in [4.69, 9.17) is 9.26 Å². The molecule has 1 N–H and O–H groups in total. The van der Waals surface area contributed by atoms with Gasteiger partial charge in [-0.25, -0.2) is 0 Å².